The zero-order valence-corrected chi connectivity index (χ0v) is 8.90. The summed E-state index contributed by atoms with van der Waals surface area (Å²) < 4.78 is 5.52. The molecule has 0 aliphatic carbocycles. The molecule has 1 N–H and O–H groups in total. The normalized spacial score (nSPS) is 10.8. The van der Waals surface area contributed by atoms with Crippen molar-refractivity contribution in [3.63, 3.8) is 0 Å². The van der Waals surface area contributed by atoms with Crippen molar-refractivity contribution in [1.82, 2.24) is 4.98 Å². The zero-order valence-electron chi connectivity index (χ0n) is 8.90. The first kappa shape index (κ1) is 9.83. The summed E-state index contributed by atoms with van der Waals surface area (Å²) in [5.41, 5.74) is 1.39. The first-order valence-electron chi connectivity index (χ1n) is 5.01. The third-order valence-corrected chi connectivity index (χ3v) is 2.25. The smallest absolute Gasteiger partial charge is 0.298 e. The van der Waals surface area contributed by atoms with Gasteiger partial charge < -0.3 is 14.4 Å². The maximum absolute atomic E-state index is 9.28. The van der Waals surface area contributed by atoms with Crippen LogP contribution in [0.25, 0.3) is 11.1 Å². The summed E-state index contributed by atoms with van der Waals surface area (Å²) in [5.74, 6) is 0.198. The van der Waals surface area contributed by atoms with Crippen molar-refractivity contribution in [3.05, 3.63) is 18.2 Å². The molecule has 0 aliphatic rings. The fourth-order valence-electron chi connectivity index (χ4n) is 1.50. The molecule has 1 aromatic heterocycles. The van der Waals surface area contributed by atoms with Crippen molar-refractivity contribution in [1.29, 1.82) is 0 Å². The number of oxazole rings is 1. The van der Waals surface area contributed by atoms with E-state index in [1.807, 2.05) is 11.9 Å². The Morgan fingerprint density at radius 1 is 1.47 bits per heavy atom. The molecule has 0 radical (unpaired) electrons. The summed E-state index contributed by atoms with van der Waals surface area (Å²) >= 11 is 0. The summed E-state index contributed by atoms with van der Waals surface area (Å²) in [4.78, 5) is 6.28. The number of rotatable bonds is 3. The second-order valence-corrected chi connectivity index (χ2v) is 3.57. The molecule has 0 spiro atoms. The highest BCUT2D eigenvalue weighted by molar-refractivity contribution is 5.76. The molecule has 2 rings (SSSR count). The third-order valence-electron chi connectivity index (χ3n) is 2.25. The molecule has 0 unspecified atom stereocenters. The summed E-state index contributed by atoms with van der Waals surface area (Å²) in [6.07, 6.45) is 1.04. The Hall–Kier alpha value is -1.71. The molecule has 1 heterocycles. The minimum Gasteiger partial charge on any atom is -0.508 e. The summed E-state index contributed by atoms with van der Waals surface area (Å²) in [5, 5.41) is 9.28. The van der Waals surface area contributed by atoms with Gasteiger partial charge in [0.1, 0.15) is 11.3 Å². The fraction of sp³-hybridized carbons (Fsp3) is 0.364. The van der Waals surface area contributed by atoms with E-state index < -0.39 is 0 Å². The Morgan fingerprint density at radius 3 is 3.00 bits per heavy atom. The Morgan fingerprint density at radius 2 is 2.27 bits per heavy atom. The fourth-order valence-corrected chi connectivity index (χ4v) is 1.50. The van der Waals surface area contributed by atoms with Gasteiger partial charge in [-0.15, -0.1) is 0 Å². The molecule has 0 saturated heterocycles. The van der Waals surface area contributed by atoms with Crippen LogP contribution < -0.4 is 4.90 Å². The summed E-state index contributed by atoms with van der Waals surface area (Å²) in [7, 11) is 1.94. The average molecular weight is 206 g/mol. The van der Waals surface area contributed by atoms with Crippen LogP contribution in [0.5, 0.6) is 5.75 Å². The first-order chi connectivity index (χ1) is 7.20. The van der Waals surface area contributed by atoms with E-state index in [0.717, 1.165) is 18.5 Å². The molecule has 0 atom stereocenters. The number of hydrogen-bond donors (Lipinski definition) is 1. The number of phenols is 1. The van der Waals surface area contributed by atoms with Crippen LogP contribution in [0, 0.1) is 0 Å². The van der Waals surface area contributed by atoms with Crippen molar-refractivity contribution in [3.8, 4) is 5.75 Å². The standard InChI is InChI=1S/C11H14N2O2/c1-3-6-13(2)11-12-9-5-4-8(14)7-10(9)15-11/h4-5,7,14H,3,6H2,1-2H3. The van der Waals surface area contributed by atoms with E-state index >= 15 is 0 Å². The number of aromatic hydroxyl groups is 1. The minimum atomic E-state index is 0.198. The molecule has 4 nitrogen and oxygen atoms in total. The highest BCUT2D eigenvalue weighted by Gasteiger charge is 2.09. The first-order valence-corrected chi connectivity index (χ1v) is 5.01. The van der Waals surface area contributed by atoms with Gasteiger partial charge in [0.05, 0.1) is 0 Å². The van der Waals surface area contributed by atoms with E-state index in [-0.39, 0.29) is 5.75 Å². The van der Waals surface area contributed by atoms with E-state index in [0.29, 0.717) is 11.6 Å². The number of fused-ring (bicyclic) bond motifs is 1. The van der Waals surface area contributed by atoms with Gasteiger partial charge in [-0.2, -0.15) is 4.98 Å². The van der Waals surface area contributed by atoms with Crippen LogP contribution in [0.1, 0.15) is 13.3 Å². The number of hydrogen-bond acceptors (Lipinski definition) is 4. The average Bonchev–Trinajstić information content (AvgIpc) is 2.60. The van der Waals surface area contributed by atoms with Gasteiger partial charge in [-0.05, 0) is 18.6 Å². The van der Waals surface area contributed by atoms with Gasteiger partial charge in [0.25, 0.3) is 6.01 Å². The number of benzene rings is 1. The molecule has 4 heteroatoms. The van der Waals surface area contributed by atoms with Gasteiger partial charge in [-0.1, -0.05) is 6.92 Å². The predicted molar refractivity (Wildman–Crippen MR) is 59.2 cm³/mol. The second kappa shape index (κ2) is 3.81. The van der Waals surface area contributed by atoms with Crippen molar-refractivity contribution < 1.29 is 9.52 Å². The van der Waals surface area contributed by atoms with Crippen molar-refractivity contribution in [2.75, 3.05) is 18.5 Å². The highest BCUT2D eigenvalue weighted by Crippen LogP contribution is 2.24. The zero-order chi connectivity index (χ0) is 10.8. The van der Waals surface area contributed by atoms with Crippen LogP contribution >= 0.6 is 0 Å². The van der Waals surface area contributed by atoms with E-state index in [4.69, 9.17) is 4.42 Å². The number of phenolic OH excluding ortho intramolecular Hbond substituents is 1. The lowest BCUT2D eigenvalue weighted by Crippen LogP contribution is -2.17. The molecule has 0 aliphatic heterocycles. The number of anilines is 1. The lowest BCUT2D eigenvalue weighted by molar-refractivity contribution is 0.474. The largest absolute Gasteiger partial charge is 0.508 e. The highest BCUT2D eigenvalue weighted by atomic mass is 16.4. The van der Waals surface area contributed by atoms with Gasteiger partial charge in [0.15, 0.2) is 5.58 Å². The molecule has 0 fully saturated rings. The van der Waals surface area contributed by atoms with Gasteiger partial charge in [-0.25, -0.2) is 0 Å². The Balaban J connectivity index is 2.38. The van der Waals surface area contributed by atoms with Crippen LogP contribution in [0.4, 0.5) is 6.01 Å². The predicted octanol–water partition coefficient (Wildman–Crippen LogP) is 2.38. The monoisotopic (exact) mass is 206 g/mol. The van der Waals surface area contributed by atoms with E-state index in [2.05, 4.69) is 11.9 Å². The maximum Gasteiger partial charge on any atom is 0.298 e. The number of nitrogens with zero attached hydrogens (tertiary/aromatic N) is 2. The molecule has 15 heavy (non-hydrogen) atoms. The lowest BCUT2D eigenvalue weighted by Gasteiger charge is -2.11. The van der Waals surface area contributed by atoms with Crippen molar-refractivity contribution in [2.24, 2.45) is 0 Å². The second-order valence-electron chi connectivity index (χ2n) is 3.57. The lowest BCUT2D eigenvalue weighted by atomic mass is 10.3. The van der Waals surface area contributed by atoms with Gasteiger partial charge in [-0.3, -0.25) is 0 Å². The van der Waals surface area contributed by atoms with Crippen LogP contribution in [0.15, 0.2) is 22.6 Å². The summed E-state index contributed by atoms with van der Waals surface area (Å²) in [6, 6.07) is 5.52. The molecule has 0 saturated carbocycles. The van der Waals surface area contributed by atoms with Gasteiger partial charge in [0, 0.05) is 19.7 Å². The molecule has 0 bridgehead atoms. The Labute approximate surface area is 88.1 Å². The Bertz CT molecular complexity index is 465. The maximum atomic E-state index is 9.28. The van der Waals surface area contributed by atoms with Gasteiger partial charge >= 0.3 is 0 Å². The van der Waals surface area contributed by atoms with Crippen LogP contribution in [-0.4, -0.2) is 23.7 Å². The minimum absolute atomic E-state index is 0.198. The third kappa shape index (κ3) is 1.88. The quantitative estimate of drug-likeness (QED) is 0.837. The van der Waals surface area contributed by atoms with E-state index in [1.165, 1.54) is 0 Å². The van der Waals surface area contributed by atoms with Crippen molar-refractivity contribution in [2.45, 2.75) is 13.3 Å². The van der Waals surface area contributed by atoms with Crippen LogP contribution in [0.3, 0.4) is 0 Å². The van der Waals surface area contributed by atoms with Crippen molar-refractivity contribution >= 4 is 17.1 Å². The Kier molecular flexibility index (Phi) is 2.49. The van der Waals surface area contributed by atoms with Gasteiger partial charge in [0.2, 0.25) is 0 Å². The van der Waals surface area contributed by atoms with Crippen LogP contribution in [-0.2, 0) is 0 Å². The molecular weight excluding hydrogens is 192 g/mol. The van der Waals surface area contributed by atoms with Crippen LogP contribution in [0.2, 0.25) is 0 Å². The van der Waals surface area contributed by atoms with E-state index in [9.17, 15) is 5.11 Å². The number of aromatic nitrogens is 1. The summed E-state index contributed by atoms with van der Waals surface area (Å²) in [6.45, 7) is 3.00. The SMILES string of the molecule is CCCN(C)c1nc2ccc(O)cc2o1. The topological polar surface area (TPSA) is 49.5 Å². The molecule has 2 aromatic rings. The van der Waals surface area contributed by atoms with E-state index in [1.54, 1.807) is 18.2 Å². The molecule has 1 aromatic carbocycles. The molecular formula is C11H14N2O2. The molecule has 0 amide bonds. The molecule has 80 valence electrons.